The van der Waals surface area contributed by atoms with E-state index in [0.717, 1.165) is 5.56 Å². The maximum absolute atomic E-state index is 12.3. The summed E-state index contributed by atoms with van der Waals surface area (Å²) in [6.45, 7) is 8.80. The second kappa shape index (κ2) is 14.9. The maximum Gasteiger partial charge on any atom is 0.330 e. The average molecular weight is 482 g/mol. The Labute approximate surface area is 199 Å². The summed E-state index contributed by atoms with van der Waals surface area (Å²) in [4.78, 5) is 38.8. The number of β-amino-alcohol motifs (C(OH)–C–C–N with tert-alkyl or cyclic N) is 1. The maximum atomic E-state index is 12.3. The number of carbonyl (C=O) groups is 2. The van der Waals surface area contributed by atoms with Crippen molar-refractivity contribution in [1.29, 1.82) is 0 Å². The molecule has 0 bridgehead atoms. The zero-order chi connectivity index (χ0) is 25.6. The van der Waals surface area contributed by atoms with Crippen molar-refractivity contribution in [2.24, 2.45) is 0 Å². The number of amides is 1. The predicted octanol–water partition coefficient (Wildman–Crippen LogP) is 1.56. The number of carbonyl (C=O) groups excluding carboxylic acids is 2. The van der Waals surface area contributed by atoms with Crippen LogP contribution in [-0.4, -0.2) is 66.1 Å². The number of allylic oxidation sites excluding steroid dienone is 1. The summed E-state index contributed by atoms with van der Waals surface area (Å²) in [5.41, 5.74) is 0.462. The van der Waals surface area contributed by atoms with E-state index in [1.54, 1.807) is 13.0 Å². The van der Waals surface area contributed by atoms with Crippen LogP contribution < -0.4 is 15.4 Å². The van der Waals surface area contributed by atoms with Crippen molar-refractivity contribution in [3.8, 4) is 5.75 Å². The van der Waals surface area contributed by atoms with Gasteiger partial charge in [-0.05, 0) is 45.2 Å². The molecule has 190 valence electrons. The predicted molar refractivity (Wildman–Crippen MR) is 125 cm³/mol. The molecule has 0 radical (unpaired) electrons. The third-order valence-electron chi connectivity index (χ3n) is 4.81. The lowest BCUT2D eigenvalue weighted by Crippen LogP contribution is -2.47. The molecule has 1 amide bonds. The second-order valence-electron chi connectivity index (χ2n) is 8.22. The first-order valence-corrected chi connectivity index (χ1v) is 11.1. The second-order valence-corrected chi connectivity index (χ2v) is 8.22. The van der Waals surface area contributed by atoms with Crippen molar-refractivity contribution < 1.29 is 34.1 Å². The Kier molecular flexibility index (Phi) is 12.6. The fraction of sp³-hybridized carbons (Fsp3) is 0.565. The van der Waals surface area contributed by atoms with Crippen LogP contribution >= 0.6 is 0 Å². The summed E-state index contributed by atoms with van der Waals surface area (Å²) in [6, 6.07) is 6.26. The van der Waals surface area contributed by atoms with E-state index in [2.05, 4.69) is 22.1 Å². The molecule has 0 aliphatic carbocycles. The lowest BCUT2D eigenvalue weighted by molar-refractivity contribution is -0.757. The molecule has 11 nitrogen and oxygen atoms in total. The van der Waals surface area contributed by atoms with Crippen molar-refractivity contribution in [2.45, 2.75) is 57.7 Å². The van der Waals surface area contributed by atoms with E-state index in [9.17, 15) is 24.8 Å². The van der Waals surface area contributed by atoms with Crippen molar-refractivity contribution in [3.05, 3.63) is 52.6 Å². The van der Waals surface area contributed by atoms with Gasteiger partial charge in [-0.15, -0.1) is 16.7 Å². The van der Waals surface area contributed by atoms with Crippen LogP contribution in [0.4, 0.5) is 0 Å². The van der Waals surface area contributed by atoms with Gasteiger partial charge < -0.3 is 30.1 Å². The number of rotatable bonds is 17. The number of esters is 1. The van der Waals surface area contributed by atoms with Crippen LogP contribution in [0.15, 0.2) is 36.9 Å². The third-order valence-corrected chi connectivity index (χ3v) is 4.81. The molecule has 0 spiro atoms. The van der Waals surface area contributed by atoms with Gasteiger partial charge in [0.2, 0.25) is 5.91 Å². The minimum atomic E-state index is -1.28. The Morgan fingerprint density at radius 3 is 2.65 bits per heavy atom. The Bertz CT molecular complexity index is 815. The molecule has 0 heterocycles. The molecule has 1 rings (SSSR count). The van der Waals surface area contributed by atoms with Gasteiger partial charge in [0.1, 0.15) is 25.1 Å². The molecule has 1 aromatic rings. The van der Waals surface area contributed by atoms with Crippen molar-refractivity contribution in [2.75, 3.05) is 26.4 Å². The van der Waals surface area contributed by atoms with Crippen LogP contribution in [0.3, 0.4) is 0 Å². The summed E-state index contributed by atoms with van der Waals surface area (Å²) in [5.74, 6) is -0.606. The van der Waals surface area contributed by atoms with Gasteiger partial charge in [-0.1, -0.05) is 24.3 Å². The van der Waals surface area contributed by atoms with E-state index in [1.165, 1.54) is 0 Å². The summed E-state index contributed by atoms with van der Waals surface area (Å²) < 4.78 is 10.5. The molecule has 0 aliphatic heterocycles. The van der Waals surface area contributed by atoms with Gasteiger partial charge in [0, 0.05) is 18.5 Å². The van der Waals surface area contributed by atoms with Crippen LogP contribution in [0.1, 0.15) is 39.2 Å². The number of hydrogen-bond acceptors (Lipinski definition) is 9. The van der Waals surface area contributed by atoms with Crippen LogP contribution in [0.2, 0.25) is 0 Å². The number of aliphatic hydroxyl groups is 1. The zero-order valence-electron chi connectivity index (χ0n) is 20.0. The number of hydrogen-bond donors (Lipinski definition) is 3. The van der Waals surface area contributed by atoms with Crippen molar-refractivity contribution in [3.63, 3.8) is 0 Å². The highest BCUT2D eigenvalue weighted by Gasteiger charge is 2.25. The molecule has 0 fully saturated rings. The van der Waals surface area contributed by atoms with Gasteiger partial charge in [0.15, 0.2) is 6.04 Å². The summed E-state index contributed by atoms with van der Waals surface area (Å²) >= 11 is 0. The topological polar surface area (TPSA) is 149 Å². The summed E-state index contributed by atoms with van der Waals surface area (Å²) in [6.07, 6.45) is 2.07. The minimum absolute atomic E-state index is 0.0376. The Balaban J connectivity index is 2.47. The molecular formula is C23H35N3O8. The van der Waals surface area contributed by atoms with E-state index in [4.69, 9.17) is 9.47 Å². The van der Waals surface area contributed by atoms with Crippen LogP contribution in [0.5, 0.6) is 5.75 Å². The van der Waals surface area contributed by atoms with Crippen molar-refractivity contribution in [1.82, 2.24) is 10.6 Å². The van der Waals surface area contributed by atoms with Crippen LogP contribution in [0, 0.1) is 10.1 Å². The highest BCUT2D eigenvalue weighted by Crippen LogP contribution is 2.19. The van der Waals surface area contributed by atoms with Gasteiger partial charge in [-0.3, -0.25) is 4.79 Å². The van der Waals surface area contributed by atoms with Gasteiger partial charge >= 0.3 is 5.97 Å². The zero-order valence-corrected chi connectivity index (χ0v) is 20.0. The number of nitrogens with one attached hydrogen (secondary N) is 2. The van der Waals surface area contributed by atoms with Crippen molar-refractivity contribution >= 4 is 11.9 Å². The molecule has 34 heavy (non-hydrogen) atoms. The Morgan fingerprint density at radius 2 is 2.00 bits per heavy atom. The molecule has 0 aliphatic rings. The number of nitrogens with zero attached hydrogens (tertiary/aromatic N) is 1. The molecule has 0 saturated carbocycles. The molecule has 2 atom stereocenters. The summed E-state index contributed by atoms with van der Waals surface area (Å²) in [7, 11) is 0. The van der Waals surface area contributed by atoms with Gasteiger partial charge in [0.25, 0.3) is 5.09 Å². The highest BCUT2D eigenvalue weighted by molar-refractivity contribution is 5.84. The first-order valence-electron chi connectivity index (χ1n) is 11.1. The SMILES string of the molecule is C=CCc1ccccc1OCC(O)CNC(C)(C)CCC(=O)NC(CO[N+](=O)[O-])C(=O)OCC. The number of ether oxygens (including phenoxy) is 2. The fourth-order valence-electron chi connectivity index (χ4n) is 2.94. The smallest absolute Gasteiger partial charge is 0.330 e. The van der Waals surface area contributed by atoms with Gasteiger partial charge in [0.05, 0.1) is 6.61 Å². The quantitative estimate of drug-likeness (QED) is 0.130. The fourth-order valence-corrected chi connectivity index (χ4v) is 2.94. The molecule has 0 aromatic heterocycles. The Hall–Kier alpha value is -3.18. The first kappa shape index (κ1) is 28.9. The molecular weight excluding hydrogens is 446 g/mol. The van der Waals surface area contributed by atoms with Crippen LogP contribution in [0.25, 0.3) is 0 Å². The van der Waals surface area contributed by atoms with Crippen LogP contribution in [-0.2, 0) is 25.6 Å². The molecule has 1 aromatic carbocycles. The molecule has 11 heteroatoms. The molecule has 2 unspecified atom stereocenters. The number of aliphatic hydroxyl groups excluding tert-OH is 1. The standard InChI is InChI=1S/C23H35N3O8/c1-5-9-17-10-7-8-11-20(17)33-15-18(27)14-24-23(3,4)13-12-21(28)25-19(16-34-26(30)31)22(29)32-6-2/h5,7-8,10-11,18-19,24,27H,1,6,9,12-16H2,2-4H3,(H,25,28). The van der Waals surface area contributed by atoms with E-state index in [0.29, 0.717) is 18.6 Å². The van der Waals surface area contributed by atoms with E-state index in [-0.39, 0.29) is 26.2 Å². The third kappa shape index (κ3) is 11.6. The Morgan fingerprint density at radius 1 is 1.29 bits per heavy atom. The lowest BCUT2D eigenvalue weighted by atomic mass is 9.97. The largest absolute Gasteiger partial charge is 0.491 e. The average Bonchev–Trinajstić information content (AvgIpc) is 2.79. The minimum Gasteiger partial charge on any atom is -0.491 e. The number of benzene rings is 1. The van der Waals surface area contributed by atoms with Gasteiger partial charge in [-0.2, -0.15) is 0 Å². The monoisotopic (exact) mass is 481 g/mol. The summed E-state index contributed by atoms with van der Waals surface area (Å²) in [5, 5.41) is 25.3. The lowest BCUT2D eigenvalue weighted by Gasteiger charge is -2.28. The number of para-hydroxylation sites is 1. The van der Waals surface area contributed by atoms with E-state index >= 15 is 0 Å². The highest BCUT2D eigenvalue weighted by atomic mass is 16.9. The first-order chi connectivity index (χ1) is 16.1. The normalized spacial score (nSPS) is 12.8. The molecule has 3 N–H and O–H groups in total. The van der Waals surface area contributed by atoms with E-state index in [1.807, 2.05) is 38.1 Å². The molecule has 0 saturated heterocycles. The van der Waals surface area contributed by atoms with Gasteiger partial charge in [-0.25, -0.2) is 4.79 Å². The van der Waals surface area contributed by atoms with E-state index < -0.39 is 41.3 Å².